The first kappa shape index (κ1) is 26.2. The van der Waals surface area contributed by atoms with Crippen molar-refractivity contribution in [2.45, 2.75) is 12.7 Å². The van der Waals surface area contributed by atoms with E-state index < -0.39 is 6.29 Å². The molecule has 0 unspecified atom stereocenters. The summed E-state index contributed by atoms with van der Waals surface area (Å²) in [4.78, 5) is 18.0. The molecule has 0 fully saturated rings. The molecule has 0 aliphatic carbocycles. The first-order valence-corrected chi connectivity index (χ1v) is 11.7. The van der Waals surface area contributed by atoms with Crippen LogP contribution in [0.3, 0.4) is 0 Å². The number of nitrogens with one attached hydrogen (secondary N) is 1. The number of halogens is 2. The van der Waals surface area contributed by atoms with Crippen molar-refractivity contribution in [3.8, 4) is 22.1 Å². The molecule has 11 heteroatoms. The minimum Gasteiger partial charge on any atom is -0.493 e. The molecule has 1 aromatic heterocycles. The summed E-state index contributed by atoms with van der Waals surface area (Å²) in [6, 6.07) is 10.1. The molecular formula is C23H24Cl2N2O6S. The Kier molecular flexibility index (Phi) is 9.52. The van der Waals surface area contributed by atoms with Crippen LogP contribution in [0.25, 0.3) is 10.6 Å². The lowest BCUT2D eigenvalue weighted by Crippen LogP contribution is -2.22. The molecular weight excluding hydrogens is 503 g/mol. The maximum atomic E-state index is 13.1. The Morgan fingerprint density at radius 1 is 1.12 bits per heavy atom. The monoisotopic (exact) mass is 526 g/mol. The Morgan fingerprint density at radius 3 is 2.53 bits per heavy atom. The number of anilines is 1. The quantitative estimate of drug-likeness (QED) is 0.342. The molecule has 3 aromatic rings. The van der Waals surface area contributed by atoms with Gasteiger partial charge in [-0.05, 0) is 30.3 Å². The number of rotatable bonds is 11. The molecule has 3 rings (SSSR count). The van der Waals surface area contributed by atoms with Crippen LogP contribution in [0.5, 0.6) is 11.5 Å². The summed E-state index contributed by atoms with van der Waals surface area (Å²) in [6.07, 6.45) is -0.301. The SMILES string of the molecule is COc1cc(NC(=O)c2sc(-c3ccc(Cl)cc3Cl)nc2CCO)ccc1OCC(OC)OC. The number of amides is 1. The zero-order valence-electron chi connectivity index (χ0n) is 18.8. The van der Waals surface area contributed by atoms with Gasteiger partial charge in [-0.25, -0.2) is 4.98 Å². The van der Waals surface area contributed by atoms with E-state index in [2.05, 4.69) is 10.3 Å². The van der Waals surface area contributed by atoms with Crippen LogP contribution in [0.15, 0.2) is 36.4 Å². The number of carbonyl (C=O) groups is 1. The van der Waals surface area contributed by atoms with Gasteiger partial charge in [-0.1, -0.05) is 23.2 Å². The highest BCUT2D eigenvalue weighted by Gasteiger charge is 2.21. The van der Waals surface area contributed by atoms with Crippen molar-refractivity contribution in [2.75, 3.05) is 39.9 Å². The normalized spacial score (nSPS) is 11.0. The number of carbonyl (C=O) groups excluding carboxylic acids is 1. The predicted octanol–water partition coefficient (Wildman–Crippen LogP) is 4.91. The minimum atomic E-state index is -0.524. The molecule has 1 heterocycles. The van der Waals surface area contributed by atoms with Crippen molar-refractivity contribution < 1.29 is 28.8 Å². The lowest BCUT2D eigenvalue weighted by Gasteiger charge is -2.16. The highest BCUT2D eigenvalue weighted by molar-refractivity contribution is 7.17. The summed E-state index contributed by atoms with van der Waals surface area (Å²) in [7, 11) is 4.54. The first-order chi connectivity index (χ1) is 16.4. The van der Waals surface area contributed by atoms with Gasteiger partial charge in [-0.15, -0.1) is 11.3 Å². The summed E-state index contributed by atoms with van der Waals surface area (Å²) in [5.41, 5.74) is 1.63. The topological polar surface area (TPSA) is 99.1 Å². The highest BCUT2D eigenvalue weighted by atomic mass is 35.5. The van der Waals surface area contributed by atoms with E-state index in [0.29, 0.717) is 48.4 Å². The summed E-state index contributed by atoms with van der Waals surface area (Å²) in [5, 5.41) is 13.8. The molecule has 34 heavy (non-hydrogen) atoms. The second kappa shape index (κ2) is 12.3. The molecule has 2 N–H and O–H groups in total. The average Bonchev–Trinajstić information content (AvgIpc) is 3.24. The Morgan fingerprint density at radius 2 is 1.88 bits per heavy atom. The fourth-order valence-electron chi connectivity index (χ4n) is 3.03. The fourth-order valence-corrected chi connectivity index (χ4v) is 4.63. The smallest absolute Gasteiger partial charge is 0.267 e. The third-order valence-electron chi connectivity index (χ3n) is 4.74. The summed E-state index contributed by atoms with van der Waals surface area (Å²) < 4.78 is 21.3. The van der Waals surface area contributed by atoms with E-state index in [1.54, 1.807) is 36.4 Å². The van der Waals surface area contributed by atoms with Crippen LogP contribution < -0.4 is 14.8 Å². The van der Waals surface area contributed by atoms with Crippen LogP contribution in [-0.2, 0) is 15.9 Å². The lowest BCUT2D eigenvalue weighted by atomic mass is 10.2. The number of aliphatic hydroxyl groups is 1. The van der Waals surface area contributed by atoms with Gasteiger partial charge in [0.15, 0.2) is 17.8 Å². The van der Waals surface area contributed by atoms with Crippen molar-refractivity contribution in [1.29, 1.82) is 0 Å². The summed E-state index contributed by atoms with van der Waals surface area (Å²) >= 11 is 13.5. The fraction of sp³-hybridized carbons (Fsp3) is 0.304. The van der Waals surface area contributed by atoms with Crippen LogP contribution in [0.1, 0.15) is 15.4 Å². The molecule has 0 aliphatic rings. The van der Waals surface area contributed by atoms with Crippen molar-refractivity contribution in [3.05, 3.63) is 57.0 Å². The van der Waals surface area contributed by atoms with E-state index in [4.69, 9.17) is 42.1 Å². The van der Waals surface area contributed by atoms with Gasteiger partial charge in [0.1, 0.15) is 16.5 Å². The second-order valence-electron chi connectivity index (χ2n) is 6.92. The van der Waals surface area contributed by atoms with Crippen molar-refractivity contribution >= 4 is 46.1 Å². The van der Waals surface area contributed by atoms with Gasteiger partial charge in [0, 0.05) is 49.6 Å². The van der Waals surface area contributed by atoms with Crippen molar-refractivity contribution in [2.24, 2.45) is 0 Å². The third-order valence-corrected chi connectivity index (χ3v) is 6.41. The second-order valence-corrected chi connectivity index (χ2v) is 8.77. The molecule has 0 bridgehead atoms. The largest absolute Gasteiger partial charge is 0.493 e. The van der Waals surface area contributed by atoms with Gasteiger partial charge >= 0.3 is 0 Å². The van der Waals surface area contributed by atoms with Gasteiger partial charge in [-0.3, -0.25) is 4.79 Å². The first-order valence-electron chi connectivity index (χ1n) is 10.1. The standard InChI is InChI=1S/C23H24Cl2N2O6S/c1-30-19-11-14(5-7-18(19)33-12-20(31-2)32-3)26-22(29)21-17(8-9-28)27-23(34-21)15-6-4-13(24)10-16(15)25/h4-7,10-11,20,28H,8-9,12H2,1-3H3,(H,26,29). The molecule has 0 saturated heterocycles. The molecule has 1 amide bonds. The van der Waals surface area contributed by atoms with E-state index in [0.717, 1.165) is 0 Å². The van der Waals surface area contributed by atoms with Crippen LogP contribution in [-0.4, -0.2) is 56.8 Å². The molecule has 0 spiro atoms. The summed E-state index contributed by atoms with van der Waals surface area (Å²) in [5.74, 6) is 0.530. The number of aromatic nitrogens is 1. The van der Waals surface area contributed by atoms with E-state index in [1.807, 2.05) is 0 Å². The molecule has 2 aromatic carbocycles. The third kappa shape index (κ3) is 6.38. The van der Waals surface area contributed by atoms with Gasteiger partial charge in [0.25, 0.3) is 5.91 Å². The maximum Gasteiger partial charge on any atom is 0.267 e. The minimum absolute atomic E-state index is 0.151. The van der Waals surface area contributed by atoms with E-state index in [9.17, 15) is 9.90 Å². The number of methoxy groups -OCH3 is 3. The van der Waals surface area contributed by atoms with Crippen LogP contribution in [0.4, 0.5) is 5.69 Å². The van der Waals surface area contributed by atoms with E-state index >= 15 is 0 Å². The Hall–Kier alpha value is -2.40. The Bertz CT molecular complexity index is 1140. The number of hydrogen-bond donors (Lipinski definition) is 2. The Balaban J connectivity index is 1.82. The van der Waals surface area contributed by atoms with Crippen LogP contribution in [0, 0.1) is 0 Å². The molecule has 0 aliphatic heterocycles. The van der Waals surface area contributed by atoms with Gasteiger partial charge in [-0.2, -0.15) is 0 Å². The summed E-state index contributed by atoms with van der Waals surface area (Å²) in [6.45, 7) is 0.0120. The number of hydrogen-bond acceptors (Lipinski definition) is 8. The highest BCUT2D eigenvalue weighted by Crippen LogP contribution is 2.36. The number of ether oxygens (including phenoxy) is 4. The van der Waals surface area contributed by atoms with E-state index in [1.165, 1.54) is 32.7 Å². The zero-order valence-corrected chi connectivity index (χ0v) is 21.1. The zero-order chi connectivity index (χ0) is 24.7. The van der Waals surface area contributed by atoms with Gasteiger partial charge < -0.3 is 29.4 Å². The number of nitrogens with zero attached hydrogens (tertiary/aromatic N) is 1. The maximum absolute atomic E-state index is 13.1. The van der Waals surface area contributed by atoms with Gasteiger partial charge in [0.05, 0.1) is 17.8 Å². The molecule has 0 saturated carbocycles. The molecule has 182 valence electrons. The lowest BCUT2D eigenvalue weighted by molar-refractivity contribution is -0.122. The molecule has 0 radical (unpaired) electrons. The van der Waals surface area contributed by atoms with Crippen molar-refractivity contribution in [3.63, 3.8) is 0 Å². The van der Waals surface area contributed by atoms with Crippen LogP contribution in [0.2, 0.25) is 10.0 Å². The molecule has 0 atom stereocenters. The number of thiazole rings is 1. The van der Waals surface area contributed by atoms with Gasteiger partial charge in [0.2, 0.25) is 0 Å². The van der Waals surface area contributed by atoms with E-state index in [-0.39, 0.29) is 25.5 Å². The number of benzene rings is 2. The molecule has 8 nitrogen and oxygen atoms in total. The predicted molar refractivity (Wildman–Crippen MR) is 133 cm³/mol. The van der Waals surface area contributed by atoms with Crippen LogP contribution >= 0.6 is 34.5 Å². The van der Waals surface area contributed by atoms with Crippen molar-refractivity contribution in [1.82, 2.24) is 4.98 Å². The average molecular weight is 527 g/mol. The number of aliphatic hydroxyl groups excluding tert-OH is 1. The Labute approximate surface area is 211 Å².